The predicted octanol–water partition coefficient (Wildman–Crippen LogP) is 3.50. The highest BCUT2D eigenvalue weighted by molar-refractivity contribution is 5.81. The molecule has 0 spiro atoms. The third-order valence-electron chi connectivity index (χ3n) is 7.34. The number of carbonyl (C=O) groups is 1. The van der Waals surface area contributed by atoms with E-state index in [1.807, 2.05) is 0 Å². The van der Waals surface area contributed by atoms with Crippen LogP contribution in [0, 0.1) is 11.3 Å². The summed E-state index contributed by atoms with van der Waals surface area (Å²) in [6.07, 6.45) is 6.65. The van der Waals surface area contributed by atoms with Crippen LogP contribution >= 0.6 is 0 Å². The topological polar surface area (TPSA) is 72.1 Å². The summed E-state index contributed by atoms with van der Waals surface area (Å²) < 4.78 is 17.3. The summed E-state index contributed by atoms with van der Waals surface area (Å²) in [6, 6.07) is 6.76. The Hall–Kier alpha value is -1.83. The van der Waals surface area contributed by atoms with Crippen molar-refractivity contribution in [3.05, 3.63) is 23.8 Å². The summed E-state index contributed by atoms with van der Waals surface area (Å²) in [5, 5.41) is 6.78. The van der Waals surface area contributed by atoms with Crippen LogP contribution in [0.3, 0.4) is 0 Å². The van der Waals surface area contributed by atoms with Gasteiger partial charge in [0.25, 0.3) is 0 Å². The number of methoxy groups -OCH3 is 1. The summed E-state index contributed by atoms with van der Waals surface area (Å²) in [5.41, 5.74) is 1.99. The molecule has 1 aromatic carbocycles. The van der Waals surface area contributed by atoms with E-state index in [2.05, 4.69) is 47.6 Å². The Morgan fingerprint density at radius 3 is 2.85 bits per heavy atom. The monoisotopic (exact) mass is 473 g/mol. The molecule has 34 heavy (non-hydrogen) atoms. The maximum absolute atomic E-state index is 12.6. The van der Waals surface area contributed by atoms with Crippen molar-refractivity contribution in [2.45, 2.75) is 71.1 Å². The van der Waals surface area contributed by atoms with Gasteiger partial charge in [0.15, 0.2) is 0 Å². The number of amides is 1. The van der Waals surface area contributed by atoms with Gasteiger partial charge in [-0.15, -0.1) is 0 Å². The first kappa shape index (κ1) is 25.3. The Labute approximate surface area is 204 Å². The van der Waals surface area contributed by atoms with Crippen molar-refractivity contribution in [3.63, 3.8) is 0 Å². The molecular formula is C27H43N3O4. The van der Waals surface area contributed by atoms with Gasteiger partial charge in [0.2, 0.25) is 5.91 Å². The molecule has 7 nitrogen and oxygen atoms in total. The number of carbonyl (C=O) groups excluding carboxylic acids is 1. The second kappa shape index (κ2) is 11.7. The first-order chi connectivity index (χ1) is 16.4. The van der Waals surface area contributed by atoms with Crippen LogP contribution in [0.2, 0.25) is 0 Å². The molecule has 2 fully saturated rings. The molecule has 1 saturated heterocycles. The molecule has 3 aliphatic rings. The molecule has 2 aliphatic heterocycles. The van der Waals surface area contributed by atoms with Gasteiger partial charge >= 0.3 is 0 Å². The summed E-state index contributed by atoms with van der Waals surface area (Å²) >= 11 is 0. The lowest BCUT2D eigenvalue weighted by Gasteiger charge is -2.35. The fraction of sp³-hybridized carbons (Fsp3) is 0.741. The van der Waals surface area contributed by atoms with E-state index in [0.29, 0.717) is 18.6 Å². The zero-order valence-electron chi connectivity index (χ0n) is 21.2. The minimum absolute atomic E-state index is 0.187. The van der Waals surface area contributed by atoms with Crippen molar-refractivity contribution in [2.24, 2.45) is 11.3 Å². The summed E-state index contributed by atoms with van der Waals surface area (Å²) in [6.45, 7) is 9.79. The van der Waals surface area contributed by atoms with Gasteiger partial charge in [0.05, 0.1) is 24.9 Å². The molecule has 2 atom stereocenters. The van der Waals surface area contributed by atoms with Crippen molar-refractivity contribution < 1.29 is 19.0 Å². The molecule has 0 bridgehead atoms. The minimum atomic E-state index is -0.347. The molecular weight excluding hydrogens is 430 g/mol. The van der Waals surface area contributed by atoms with Gasteiger partial charge in [0.1, 0.15) is 12.4 Å². The normalized spacial score (nSPS) is 22.7. The van der Waals surface area contributed by atoms with Gasteiger partial charge in [-0.2, -0.15) is 0 Å². The Kier molecular flexibility index (Phi) is 8.72. The maximum atomic E-state index is 12.6. The van der Waals surface area contributed by atoms with Crippen LogP contribution in [0.4, 0.5) is 5.69 Å². The van der Waals surface area contributed by atoms with Gasteiger partial charge < -0.3 is 29.7 Å². The van der Waals surface area contributed by atoms with Gasteiger partial charge in [-0.25, -0.2) is 0 Å². The minimum Gasteiger partial charge on any atom is -0.490 e. The fourth-order valence-corrected chi connectivity index (χ4v) is 4.97. The zero-order chi connectivity index (χ0) is 24.0. The predicted molar refractivity (Wildman–Crippen MR) is 134 cm³/mol. The van der Waals surface area contributed by atoms with Crippen molar-refractivity contribution in [2.75, 3.05) is 51.4 Å². The number of hydrogen-bond donors (Lipinski definition) is 2. The van der Waals surface area contributed by atoms with E-state index in [1.54, 1.807) is 7.11 Å². The summed E-state index contributed by atoms with van der Waals surface area (Å²) in [5.74, 6) is 1.86. The van der Waals surface area contributed by atoms with Crippen LogP contribution in [0.25, 0.3) is 0 Å². The van der Waals surface area contributed by atoms with Gasteiger partial charge in [0, 0.05) is 44.8 Å². The summed E-state index contributed by atoms with van der Waals surface area (Å²) in [7, 11) is 1.75. The first-order valence-electron chi connectivity index (χ1n) is 13.1. The van der Waals surface area contributed by atoms with Crippen molar-refractivity contribution in [1.29, 1.82) is 0 Å². The highest BCUT2D eigenvalue weighted by Crippen LogP contribution is 2.33. The second-order valence-electron chi connectivity index (χ2n) is 10.8. The fourth-order valence-electron chi connectivity index (χ4n) is 4.97. The second-order valence-corrected chi connectivity index (χ2v) is 10.8. The summed E-state index contributed by atoms with van der Waals surface area (Å²) in [4.78, 5) is 15.0. The number of ether oxygens (including phenoxy) is 3. The lowest BCUT2D eigenvalue weighted by molar-refractivity contribution is -0.130. The average Bonchev–Trinajstić information content (AvgIpc) is 3.67. The van der Waals surface area contributed by atoms with Gasteiger partial charge in [-0.05, 0) is 62.1 Å². The number of rotatable bonds is 12. The van der Waals surface area contributed by atoms with Crippen LogP contribution < -0.4 is 20.3 Å². The SMILES string of the molecule is COCCCN1CCOc2ccc(CO[C@@H]3CCC(CC(C)(C)C(=O)NCC4CC4)NC3)cc21. The van der Waals surface area contributed by atoms with Crippen molar-refractivity contribution in [3.8, 4) is 5.75 Å². The molecule has 1 saturated carbocycles. The Balaban J connectivity index is 1.21. The van der Waals surface area contributed by atoms with E-state index in [-0.39, 0.29) is 17.4 Å². The van der Waals surface area contributed by atoms with Crippen LogP contribution in [0.5, 0.6) is 5.75 Å². The number of hydrogen-bond acceptors (Lipinski definition) is 6. The Morgan fingerprint density at radius 1 is 1.26 bits per heavy atom. The lowest BCUT2D eigenvalue weighted by atomic mass is 9.82. The number of piperidine rings is 1. The number of nitrogens with zero attached hydrogens (tertiary/aromatic N) is 1. The number of anilines is 1. The van der Waals surface area contributed by atoms with Crippen LogP contribution in [-0.4, -0.2) is 64.6 Å². The molecule has 0 aromatic heterocycles. The molecule has 0 radical (unpaired) electrons. The molecule has 1 aliphatic carbocycles. The van der Waals surface area contributed by atoms with E-state index in [9.17, 15) is 4.79 Å². The van der Waals surface area contributed by atoms with E-state index in [1.165, 1.54) is 18.4 Å². The van der Waals surface area contributed by atoms with Gasteiger partial charge in [-0.1, -0.05) is 19.9 Å². The number of fused-ring (bicyclic) bond motifs is 1. The van der Waals surface area contributed by atoms with E-state index >= 15 is 0 Å². The quantitative estimate of drug-likeness (QED) is 0.453. The van der Waals surface area contributed by atoms with E-state index in [0.717, 1.165) is 76.5 Å². The zero-order valence-corrected chi connectivity index (χ0v) is 21.2. The molecule has 2 heterocycles. The van der Waals surface area contributed by atoms with Crippen molar-refractivity contribution >= 4 is 11.6 Å². The highest BCUT2D eigenvalue weighted by Gasteiger charge is 2.34. The van der Waals surface area contributed by atoms with E-state index < -0.39 is 0 Å². The maximum Gasteiger partial charge on any atom is 0.225 e. The first-order valence-corrected chi connectivity index (χ1v) is 13.1. The molecule has 1 unspecified atom stereocenters. The smallest absolute Gasteiger partial charge is 0.225 e. The van der Waals surface area contributed by atoms with E-state index in [4.69, 9.17) is 14.2 Å². The van der Waals surface area contributed by atoms with Crippen molar-refractivity contribution in [1.82, 2.24) is 10.6 Å². The molecule has 2 N–H and O–H groups in total. The highest BCUT2D eigenvalue weighted by atomic mass is 16.5. The number of benzene rings is 1. The van der Waals surface area contributed by atoms with Crippen LogP contribution in [0.1, 0.15) is 57.9 Å². The number of nitrogens with one attached hydrogen (secondary N) is 2. The molecule has 1 amide bonds. The molecule has 7 heteroatoms. The molecule has 1 aromatic rings. The third kappa shape index (κ3) is 7.09. The van der Waals surface area contributed by atoms with Gasteiger partial charge in [-0.3, -0.25) is 4.79 Å². The lowest BCUT2D eigenvalue weighted by Crippen LogP contribution is -2.47. The third-order valence-corrected chi connectivity index (χ3v) is 7.34. The largest absolute Gasteiger partial charge is 0.490 e. The van der Waals surface area contributed by atoms with Crippen LogP contribution in [0.15, 0.2) is 18.2 Å². The molecule has 190 valence electrons. The Bertz CT molecular complexity index is 803. The van der Waals surface area contributed by atoms with Crippen LogP contribution in [-0.2, 0) is 20.9 Å². The Morgan fingerprint density at radius 2 is 2.12 bits per heavy atom. The standard InChI is InChI=1S/C27H43N3O4/c1-27(2,26(31)29-17-20-5-6-20)16-22-8-9-23(18-28-22)34-19-21-7-10-25-24(15-21)30(12-14-33-25)11-4-13-32-3/h7,10,15,20,22-23,28H,4-6,8-9,11-14,16-19H2,1-3H3,(H,29,31)/t22?,23-/m1/s1. The average molecular weight is 474 g/mol. The molecule has 4 rings (SSSR count).